The van der Waals surface area contributed by atoms with Crippen LogP contribution in [0, 0.1) is 6.92 Å². The van der Waals surface area contributed by atoms with Crippen LogP contribution >= 0.6 is 0 Å². The van der Waals surface area contributed by atoms with Crippen molar-refractivity contribution >= 4 is 11.4 Å². The predicted molar refractivity (Wildman–Crippen MR) is 120 cm³/mol. The Morgan fingerprint density at radius 3 is 2.61 bits per heavy atom. The van der Waals surface area contributed by atoms with Crippen molar-refractivity contribution in [2.75, 3.05) is 26.2 Å². The molecular weight excluding hydrogens is 390 g/mol. The highest BCUT2D eigenvalue weighted by molar-refractivity contribution is 5.99. The molecule has 160 valence electrons. The van der Waals surface area contributed by atoms with Crippen molar-refractivity contribution in [1.82, 2.24) is 34.4 Å². The second kappa shape index (κ2) is 9.09. The Balaban J connectivity index is 1.68. The van der Waals surface area contributed by atoms with Crippen molar-refractivity contribution in [3.63, 3.8) is 0 Å². The number of hydrogen-bond acceptors (Lipinski definition) is 5. The van der Waals surface area contributed by atoms with E-state index in [0.29, 0.717) is 23.6 Å². The SMILES string of the molecule is CCN(CC)CCNC(=O)c1nc(-c2ccnn2-c2ccc(C)cc2)n2ccncc12. The van der Waals surface area contributed by atoms with E-state index in [1.54, 1.807) is 18.6 Å². The van der Waals surface area contributed by atoms with Crippen LogP contribution in [0.1, 0.15) is 29.9 Å². The van der Waals surface area contributed by atoms with E-state index in [2.05, 4.69) is 34.1 Å². The Labute approximate surface area is 181 Å². The van der Waals surface area contributed by atoms with Gasteiger partial charge in [-0.3, -0.25) is 14.2 Å². The highest BCUT2D eigenvalue weighted by Crippen LogP contribution is 2.24. The number of carbonyl (C=O) groups is 1. The first-order valence-corrected chi connectivity index (χ1v) is 10.6. The molecule has 1 amide bonds. The first-order valence-electron chi connectivity index (χ1n) is 10.6. The number of benzene rings is 1. The average Bonchev–Trinajstić information content (AvgIpc) is 3.42. The van der Waals surface area contributed by atoms with Gasteiger partial charge in [-0.25, -0.2) is 9.67 Å². The van der Waals surface area contributed by atoms with E-state index >= 15 is 0 Å². The summed E-state index contributed by atoms with van der Waals surface area (Å²) in [6.45, 7) is 9.56. The normalized spacial score (nSPS) is 11.4. The fraction of sp³-hybridized carbons (Fsp3) is 0.304. The third kappa shape index (κ3) is 4.20. The Hall–Kier alpha value is -3.52. The second-order valence-corrected chi connectivity index (χ2v) is 7.36. The number of rotatable bonds is 8. The molecule has 0 unspecified atom stereocenters. The maximum Gasteiger partial charge on any atom is 0.272 e. The predicted octanol–water partition coefficient (Wildman–Crippen LogP) is 2.96. The van der Waals surface area contributed by atoms with Crippen LogP contribution < -0.4 is 5.32 Å². The average molecular weight is 418 g/mol. The quantitative estimate of drug-likeness (QED) is 0.477. The smallest absolute Gasteiger partial charge is 0.272 e. The minimum Gasteiger partial charge on any atom is -0.349 e. The summed E-state index contributed by atoms with van der Waals surface area (Å²) in [4.78, 5) is 24.1. The molecule has 3 heterocycles. The molecule has 8 heteroatoms. The van der Waals surface area contributed by atoms with Crippen molar-refractivity contribution in [3.8, 4) is 17.2 Å². The van der Waals surface area contributed by atoms with Gasteiger partial charge in [0.25, 0.3) is 5.91 Å². The fourth-order valence-corrected chi connectivity index (χ4v) is 3.60. The van der Waals surface area contributed by atoms with Crippen molar-refractivity contribution in [2.24, 2.45) is 0 Å². The molecule has 1 aromatic carbocycles. The van der Waals surface area contributed by atoms with Crippen LogP contribution in [0.15, 0.2) is 55.1 Å². The lowest BCUT2D eigenvalue weighted by molar-refractivity contribution is 0.0946. The van der Waals surface area contributed by atoms with Crippen LogP contribution in [-0.2, 0) is 0 Å². The largest absolute Gasteiger partial charge is 0.349 e. The van der Waals surface area contributed by atoms with E-state index in [1.807, 2.05) is 52.5 Å². The molecule has 0 fully saturated rings. The van der Waals surface area contributed by atoms with Gasteiger partial charge in [-0.05, 0) is 38.2 Å². The molecule has 0 aliphatic rings. The zero-order valence-electron chi connectivity index (χ0n) is 18.1. The monoisotopic (exact) mass is 417 g/mol. The summed E-state index contributed by atoms with van der Waals surface area (Å²) in [6, 6.07) is 10.0. The van der Waals surface area contributed by atoms with Gasteiger partial charge >= 0.3 is 0 Å². The third-order valence-electron chi connectivity index (χ3n) is 5.42. The Morgan fingerprint density at radius 1 is 1.10 bits per heavy atom. The van der Waals surface area contributed by atoms with Crippen molar-refractivity contribution in [2.45, 2.75) is 20.8 Å². The van der Waals surface area contributed by atoms with E-state index in [0.717, 1.165) is 31.0 Å². The molecule has 0 radical (unpaired) electrons. The van der Waals surface area contributed by atoms with Gasteiger partial charge in [-0.1, -0.05) is 31.5 Å². The van der Waals surface area contributed by atoms with Crippen LogP contribution in [0.2, 0.25) is 0 Å². The van der Waals surface area contributed by atoms with Crippen LogP contribution in [0.25, 0.3) is 22.7 Å². The molecular formula is C23H27N7O. The molecule has 0 aliphatic heterocycles. The van der Waals surface area contributed by atoms with Crippen LogP contribution in [0.5, 0.6) is 0 Å². The molecule has 1 N–H and O–H groups in total. The molecule has 0 saturated heterocycles. The van der Waals surface area contributed by atoms with Gasteiger partial charge in [0.2, 0.25) is 0 Å². The summed E-state index contributed by atoms with van der Waals surface area (Å²) in [5.74, 6) is 0.440. The Morgan fingerprint density at radius 2 is 1.87 bits per heavy atom. The number of nitrogens with zero attached hydrogens (tertiary/aromatic N) is 6. The lowest BCUT2D eigenvalue weighted by Gasteiger charge is -2.17. The van der Waals surface area contributed by atoms with Crippen molar-refractivity contribution in [1.29, 1.82) is 0 Å². The molecule has 0 aliphatic carbocycles. The highest BCUT2D eigenvalue weighted by atomic mass is 16.1. The summed E-state index contributed by atoms with van der Waals surface area (Å²) in [5.41, 5.74) is 3.93. The molecule has 31 heavy (non-hydrogen) atoms. The van der Waals surface area contributed by atoms with Crippen molar-refractivity contribution < 1.29 is 4.79 Å². The minimum absolute atomic E-state index is 0.203. The number of likely N-dealkylation sites (N-methyl/N-ethyl adjacent to an activating group) is 1. The van der Waals surface area contributed by atoms with E-state index in [1.165, 1.54) is 5.56 Å². The number of fused-ring (bicyclic) bond motifs is 1. The maximum atomic E-state index is 12.9. The number of hydrogen-bond donors (Lipinski definition) is 1. The van der Waals surface area contributed by atoms with Gasteiger partial charge in [-0.15, -0.1) is 0 Å². The molecule has 4 aromatic rings. The standard InChI is InChI=1S/C23H27N7O/c1-4-28(5-2)14-13-25-23(31)21-20-16-24-12-15-29(20)22(27-21)19-10-11-26-30(19)18-8-6-17(3)7-9-18/h6-12,15-16H,4-5,13-14H2,1-3H3,(H,25,31). The fourth-order valence-electron chi connectivity index (χ4n) is 3.60. The number of imidazole rings is 1. The van der Waals surface area contributed by atoms with Gasteiger partial charge in [0, 0.05) is 25.5 Å². The van der Waals surface area contributed by atoms with Gasteiger partial charge < -0.3 is 10.2 Å². The Bertz CT molecular complexity index is 1170. The molecule has 0 bridgehead atoms. The first kappa shape index (κ1) is 20.7. The van der Waals surface area contributed by atoms with Crippen molar-refractivity contribution in [3.05, 3.63) is 66.4 Å². The van der Waals surface area contributed by atoms with Gasteiger partial charge in [0.05, 0.1) is 23.6 Å². The number of nitrogens with one attached hydrogen (secondary N) is 1. The van der Waals surface area contributed by atoms with Gasteiger partial charge in [-0.2, -0.15) is 5.10 Å². The summed E-state index contributed by atoms with van der Waals surface area (Å²) in [7, 11) is 0. The van der Waals surface area contributed by atoms with Crippen LogP contribution in [0.4, 0.5) is 0 Å². The lowest BCUT2D eigenvalue weighted by atomic mass is 10.2. The number of aromatic nitrogens is 5. The zero-order valence-corrected chi connectivity index (χ0v) is 18.1. The molecule has 4 rings (SSSR count). The first-order chi connectivity index (χ1) is 15.1. The molecule has 0 spiro atoms. The van der Waals surface area contributed by atoms with E-state index in [-0.39, 0.29) is 5.91 Å². The summed E-state index contributed by atoms with van der Waals surface area (Å²) >= 11 is 0. The molecule has 0 atom stereocenters. The minimum atomic E-state index is -0.203. The molecule has 0 saturated carbocycles. The lowest BCUT2D eigenvalue weighted by Crippen LogP contribution is -2.35. The molecule has 3 aromatic heterocycles. The number of amides is 1. The zero-order chi connectivity index (χ0) is 21.8. The van der Waals surface area contributed by atoms with Gasteiger partial charge in [0.1, 0.15) is 5.69 Å². The third-order valence-corrected chi connectivity index (χ3v) is 5.42. The number of aryl methyl sites for hydroxylation is 1. The second-order valence-electron chi connectivity index (χ2n) is 7.36. The van der Waals surface area contributed by atoms with E-state index in [4.69, 9.17) is 4.98 Å². The van der Waals surface area contributed by atoms with E-state index < -0.39 is 0 Å². The van der Waals surface area contributed by atoms with Gasteiger partial charge in [0.15, 0.2) is 11.5 Å². The highest BCUT2D eigenvalue weighted by Gasteiger charge is 2.21. The van der Waals surface area contributed by atoms with E-state index in [9.17, 15) is 4.79 Å². The number of carbonyl (C=O) groups excluding carboxylic acids is 1. The molecule has 8 nitrogen and oxygen atoms in total. The summed E-state index contributed by atoms with van der Waals surface area (Å²) < 4.78 is 3.71. The maximum absolute atomic E-state index is 12.9. The van der Waals surface area contributed by atoms with Crippen LogP contribution in [-0.4, -0.2) is 61.1 Å². The van der Waals surface area contributed by atoms with Crippen LogP contribution in [0.3, 0.4) is 0 Å². The topological polar surface area (TPSA) is 80.4 Å². The summed E-state index contributed by atoms with van der Waals surface area (Å²) in [6.07, 6.45) is 6.91. The Kier molecular flexibility index (Phi) is 6.08. The summed E-state index contributed by atoms with van der Waals surface area (Å²) in [5, 5.41) is 7.48.